The summed E-state index contributed by atoms with van der Waals surface area (Å²) in [5.74, 6) is -2.04. The second-order valence-corrected chi connectivity index (χ2v) is 12.0. The first kappa shape index (κ1) is 27.0. The van der Waals surface area contributed by atoms with Gasteiger partial charge in [-0.15, -0.1) is 11.3 Å². The zero-order valence-corrected chi connectivity index (χ0v) is 22.1. The van der Waals surface area contributed by atoms with Gasteiger partial charge in [0.15, 0.2) is 5.76 Å². The molecule has 4 rings (SSSR count). The molecule has 0 saturated carbocycles. The molecular weight excluding hydrogens is 518 g/mol. The molecule has 2 N–H and O–H groups in total. The number of carbonyl (C=O) groups excluding carboxylic acids is 2. The van der Waals surface area contributed by atoms with E-state index in [1.807, 2.05) is 47.8 Å². The van der Waals surface area contributed by atoms with E-state index in [2.05, 4.69) is 10.5 Å². The van der Waals surface area contributed by atoms with Gasteiger partial charge in [-0.1, -0.05) is 48.5 Å². The number of carbonyl (C=O) groups is 2. The molecule has 0 spiro atoms. The highest BCUT2D eigenvalue weighted by atomic mass is 32.2. The lowest BCUT2D eigenvalue weighted by Gasteiger charge is -2.30. The summed E-state index contributed by atoms with van der Waals surface area (Å²) < 4.78 is 38.3. The largest absolute Gasteiger partial charge is 0.465 e. The summed E-state index contributed by atoms with van der Waals surface area (Å²) in [6.07, 6.45) is 0.121. The Morgan fingerprint density at radius 3 is 2.62 bits per heavy atom. The van der Waals surface area contributed by atoms with Crippen LogP contribution in [-0.2, 0) is 37.3 Å². The Hall–Kier alpha value is -3.06. The molecule has 1 amide bonds. The fourth-order valence-corrected chi connectivity index (χ4v) is 6.51. The third-order valence-electron chi connectivity index (χ3n) is 6.44. The van der Waals surface area contributed by atoms with E-state index in [9.17, 15) is 23.1 Å². The third kappa shape index (κ3) is 6.27. The van der Waals surface area contributed by atoms with E-state index in [0.29, 0.717) is 0 Å². The van der Waals surface area contributed by atoms with Crippen molar-refractivity contribution in [2.24, 2.45) is 11.8 Å². The Labute approximate surface area is 219 Å². The van der Waals surface area contributed by atoms with E-state index in [-0.39, 0.29) is 36.8 Å². The smallest absolute Gasteiger partial charge is 0.309 e. The summed E-state index contributed by atoms with van der Waals surface area (Å²) in [5, 5.41) is 19.6. The van der Waals surface area contributed by atoms with Crippen LogP contribution < -0.4 is 5.32 Å². The number of thiophene rings is 1. The van der Waals surface area contributed by atoms with Crippen molar-refractivity contribution in [1.82, 2.24) is 14.8 Å². The molecule has 1 aromatic carbocycles. The number of esters is 1. The lowest BCUT2D eigenvalue weighted by atomic mass is 9.94. The van der Waals surface area contributed by atoms with E-state index >= 15 is 0 Å². The Morgan fingerprint density at radius 2 is 2.03 bits per heavy atom. The number of hydrogen-bond donors (Lipinski definition) is 2. The van der Waals surface area contributed by atoms with Crippen LogP contribution in [0, 0.1) is 18.8 Å². The van der Waals surface area contributed by atoms with Crippen LogP contribution in [-0.4, -0.2) is 60.2 Å². The van der Waals surface area contributed by atoms with Gasteiger partial charge in [0, 0.05) is 18.0 Å². The van der Waals surface area contributed by atoms with Crippen LogP contribution in [0.3, 0.4) is 0 Å². The summed E-state index contributed by atoms with van der Waals surface area (Å²) in [4.78, 5) is 25.6. The number of aryl methyl sites for hydroxylation is 1. The van der Waals surface area contributed by atoms with Gasteiger partial charge in [-0.3, -0.25) is 9.59 Å². The van der Waals surface area contributed by atoms with Crippen molar-refractivity contribution in [2.75, 3.05) is 13.2 Å². The molecule has 4 atom stereocenters. The van der Waals surface area contributed by atoms with Crippen LogP contribution in [0.1, 0.15) is 23.1 Å². The van der Waals surface area contributed by atoms with Gasteiger partial charge in [0.2, 0.25) is 15.9 Å². The molecule has 3 heterocycles. The summed E-state index contributed by atoms with van der Waals surface area (Å²) in [6.45, 7) is 2.82. The van der Waals surface area contributed by atoms with Crippen LogP contribution >= 0.6 is 11.3 Å². The van der Waals surface area contributed by atoms with Crippen molar-refractivity contribution in [3.63, 3.8) is 0 Å². The lowest BCUT2D eigenvalue weighted by Crippen LogP contribution is -2.52. The first-order valence-corrected chi connectivity index (χ1v) is 14.1. The molecule has 1 saturated heterocycles. The maximum Gasteiger partial charge on any atom is 0.309 e. The Balaban J connectivity index is 1.60. The van der Waals surface area contributed by atoms with Crippen molar-refractivity contribution < 1.29 is 32.4 Å². The number of nitrogens with zero attached hydrogens (tertiary/aromatic N) is 2. The molecule has 0 bridgehead atoms. The summed E-state index contributed by atoms with van der Waals surface area (Å²) >= 11 is 1.39. The van der Waals surface area contributed by atoms with Gasteiger partial charge in [0.1, 0.15) is 11.5 Å². The number of aromatic nitrogens is 1. The predicted octanol–water partition coefficient (Wildman–Crippen LogP) is 2.13. The van der Waals surface area contributed by atoms with Gasteiger partial charge in [-0.25, -0.2) is 8.42 Å². The maximum absolute atomic E-state index is 13.5. The second kappa shape index (κ2) is 11.5. The highest BCUT2D eigenvalue weighted by Gasteiger charge is 2.40. The molecule has 0 aliphatic carbocycles. The van der Waals surface area contributed by atoms with Gasteiger partial charge in [0.25, 0.3) is 0 Å². The van der Waals surface area contributed by atoms with Crippen molar-refractivity contribution >= 4 is 33.2 Å². The van der Waals surface area contributed by atoms with Crippen molar-refractivity contribution in [3.05, 3.63) is 70.2 Å². The normalized spacial score (nSPS) is 19.5. The minimum absolute atomic E-state index is 0.0235. The molecule has 3 aromatic rings. The molecule has 1 aliphatic heterocycles. The highest BCUT2D eigenvalue weighted by Crippen LogP contribution is 2.25. The summed E-state index contributed by atoms with van der Waals surface area (Å²) in [5.41, 5.74) is 0.848. The highest BCUT2D eigenvalue weighted by molar-refractivity contribution is 7.89. The Kier molecular flexibility index (Phi) is 8.42. The molecular formula is C25H29N3O7S2. The van der Waals surface area contributed by atoms with Crippen molar-refractivity contribution in [1.29, 1.82) is 0 Å². The van der Waals surface area contributed by atoms with Crippen LogP contribution in [0.15, 0.2) is 63.5 Å². The Bertz CT molecular complexity index is 1310. The number of cyclic esters (lactones) is 1. The number of aliphatic hydroxyl groups excluding tert-OH is 1. The third-order valence-corrected chi connectivity index (χ3v) is 9.20. The zero-order valence-electron chi connectivity index (χ0n) is 20.4. The molecule has 0 radical (unpaired) electrons. The minimum Gasteiger partial charge on any atom is -0.465 e. The van der Waals surface area contributed by atoms with Gasteiger partial charge in [-0.2, -0.15) is 4.31 Å². The van der Waals surface area contributed by atoms with Crippen LogP contribution in [0.2, 0.25) is 0 Å². The minimum atomic E-state index is -4.08. The molecule has 1 aliphatic rings. The number of aliphatic hydroxyl groups is 1. The topological polar surface area (TPSA) is 139 Å². The number of ether oxygens (including phenoxy) is 1. The second-order valence-electron chi connectivity index (χ2n) is 9.02. The van der Waals surface area contributed by atoms with Crippen LogP contribution in [0.5, 0.6) is 0 Å². The number of amides is 1. The summed E-state index contributed by atoms with van der Waals surface area (Å²) in [6, 6.07) is 12.0. The quantitative estimate of drug-likeness (QED) is 0.348. The van der Waals surface area contributed by atoms with E-state index in [1.54, 1.807) is 6.92 Å². The van der Waals surface area contributed by atoms with E-state index in [0.717, 1.165) is 20.9 Å². The molecule has 10 nitrogen and oxygen atoms in total. The average molecular weight is 548 g/mol. The molecule has 198 valence electrons. The number of sulfonamides is 1. The fourth-order valence-electron chi connectivity index (χ4n) is 4.19. The van der Waals surface area contributed by atoms with Crippen LogP contribution in [0.4, 0.5) is 0 Å². The number of rotatable bonds is 11. The molecule has 4 unspecified atom stereocenters. The van der Waals surface area contributed by atoms with Gasteiger partial charge in [0.05, 0.1) is 30.2 Å². The number of benzene rings is 1. The lowest BCUT2D eigenvalue weighted by molar-refractivity contribution is -0.141. The maximum atomic E-state index is 13.5. The zero-order chi connectivity index (χ0) is 26.6. The van der Waals surface area contributed by atoms with Crippen molar-refractivity contribution in [3.8, 4) is 0 Å². The monoisotopic (exact) mass is 547 g/mol. The van der Waals surface area contributed by atoms with E-state index in [1.165, 1.54) is 18.3 Å². The Morgan fingerprint density at radius 1 is 1.27 bits per heavy atom. The molecule has 12 heteroatoms. The SMILES string of the molecule is Cc1oncc1S(=O)(=O)N(Cc1cccs1)CC(O)C(Cc1ccccc1)NC(=O)C1COC(=O)C1C. The fraction of sp³-hybridized carbons (Fsp3) is 0.400. The van der Waals surface area contributed by atoms with Gasteiger partial charge >= 0.3 is 5.97 Å². The first-order chi connectivity index (χ1) is 17.7. The molecule has 37 heavy (non-hydrogen) atoms. The average Bonchev–Trinajstić information content (AvgIpc) is 3.62. The van der Waals surface area contributed by atoms with Gasteiger partial charge < -0.3 is 19.7 Å². The van der Waals surface area contributed by atoms with Crippen LogP contribution in [0.25, 0.3) is 0 Å². The molecule has 1 fully saturated rings. The van der Waals surface area contributed by atoms with E-state index in [4.69, 9.17) is 9.26 Å². The standard InChI is InChI=1S/C25H29N3O7S2/c1-16-20(15-34-25(16)31)24(30)27-21(11-18-7-4-3-5-8-18)22(29)14-28(13-19-9-6-10-36-19)37(32,33)23-12-26-35-17(23)2/h3-10,12,16,20-22,29H,11,13-15H2,1-2H3,(H,27,30). The van der Waals surface area contributed by atoms with Gasteiger partial charge in [-0.05, 0) is 30.4 Å². The van der Waals surface area contributed by atoms with Crippen molar-refractivity contribution in [2.45, 2.75) is 43.9 Å². The number of nitrogens with one attached hydrogen (secondary N) is 1. The predicted molar refractivity (Wildman–Crippen MR) is 135 cm³/mol. The van der Waals surface area contributed by atoms with E-state index < -0.39 is 45.9 Å². The summed E-state index contributed by atoms with van der Waals surface area (Å²) in [7, 11) is -4.08. The number of hydrogen-bond acceptors (Lipinski definition) is 9. The molecule has 2 aromatic heterocycles. The first-order valence-electron chi connectivity index (χ1n) is 11.8.